The number of nitrogens with zero attached hydrogens (tertiary/aromatic N) is 3. The van der Waals surface area contributed by atoms with E-state index in [0.29, 0.717) is 12.0 Å². The molecule has 1 atom stereocenters. The van der Waals surface area contributed by atoms with Crippen molar-refractivity contribution in [2.24, 2.45) is 5.92 Å². The van der Waals surface area contributed by atoms with Crippen molar-refractivity contribution in [1.82, 2.24) is 19.8 Å². The summed E-state index contributed by atoms with van der Waals surface area (Å²) in [6.45, 7) is 5.96. The minimum atomic E-state index is 0.225. The van der Waals surface area contributed by atoms with Crippen molar-refractivity contribution in [2.75, 3.05) is 19.6 Å². The van der Waals surface area contributed by atoms with Gasteiger partial charge in [0.2, 0.25) is 0 Å². The first-order valence-corrected chi connectivity index (χ1v) is 10.6. The Hall–Kier alpha value is -1.66. The number of piperidine rings is 1. The van der Waals surface area contributed by atoms with Crippen LogP contribution in [0, 0.1) is 12.8 Å². The topological polar surface area (TPSA) is 50.2 Å². The van der Waals surface area contributed by atoms with Gasteiger partial charge in [0.25, 0.3) is 5.91 Å². The molecule has 0 aromatic carbocycles. The maximum atomic E-state index is 12.8. The van der Waals surface area contributed by atoms with Crippen LogP contribution in [0.3, 0.4) is 0 Å². The van der Waals surface area contributed by atoms with Crippen LogP contribution in [-0.4, -0.2) is 40.0 Å². The molecule has 2 aromatic heterocycles. The maximum Gasteiger partial charge on any atom is 0.263 e. The van der Waals surface area contributed by atoms with Gasteiger partial charge in [-0.05, 0) is 63.6 Å². The van der Waals surface area contributed by atoms with Gasteiger partial charge in [0.15, 0.2) is 0 Å². The van der Waals surface area contributed by atoms with Crippen molar-refractivity contribution in [3.63, 3.8) is 0 Å². The normalized spacial score (nSPS) is 21.4. The number of hydrogen-bond acceptors (Lipinski definition) is 4. The number of aromatic nitrogens is 2. The Morgan fingerprint density at radius 1 is 1.31 bits per heavy atom. The number of hydrogen-bond donors (Lipinski definition) is 1. The highest BCUT2D eigenvalue weighted by Crippen LogP contribution is 2.31. The van der Waals surface area contributed by atoms with Gasteiger partial charge in [-0.25, -0.2) is 4.98 Å². The number of nitrogens with one attached hydrogen (secondary N) is 1. The average molecular weight is 373 g/mol. The van der Waals surface area contributed by atoms with Crippen molar-refractivity contribution in [3.8, 4) is 0 Å². The van der Waals surface area contributed by atoms with Crippen LogP contribution >= 0.6 is 11.3 Å². The first-order chi connectivity index (χ1) is 12.7. The van der Waals surface area contributed by atoms with E-state index in [9.17, 15) is 4.79 Å². The monoisotopic (exact) mass is 372 g/mol. The largest absolute Gasteiger partial charge is 0.338 e. The van der Waals surface area contributed by atoms with E-state index in [1.54, 1.807) is 11.3 Å². The van der Waals surface area contributed by atoms with E-state index in [-0.39, 0.29) is 5.91 Å². The smallest absolute Gasteiger partial charge is 0.263 e. The lowest BCUT2D eigenvalue weighted by Gasteiger charge is -2.32. The van der Waals surface area contributed by atoms with E-state index >= 15 is 0 Å². The molecular weight excluding hydrogens is 344 g/mol. The molecule has 1 N–H and O–H groups in total. The number of aryl methyl sites for hydroxylation is 2. The van der Waals surface area contributed by atoms with E-state index < -0.39 is 0 Å². The Morgan fingerprint density at radius 3 is 2.85 bits per heavy atom. The molecule has 2 aliphatic heterocycles. The number of carbonyl (C=O) groups excluding carboxylic acids is 1. The molecule has 2 aromatic rings. The lowest BCUT2D eigenvalue weighted by atomic mass is 9.93. The fourth-order valence-corrected chi connectivity index (χ4v) is 5.21. The summed E-state index contributed by atoms with van der Waals surface area (Å²) in [4.78, 5) is 21.4. The minimum Gasteiger partial charge on any atom is -0.338 e. The van der Waals surface area contributed by atoms with Gasteiger partial charge in [0, 0.05) is 42.9 Å². The van der Waals surface area contributed by atoms with Gasteiger partial charge in [-0.2, -0.15) is 0 Å². The molecule has 2 saturated heterocycles. The highest BCUT2D eigenvalue weighted by atomic mass is 32.1. The van der Waals surface area contributed by atoms with Crippen LogP contribution in [0.4, 0.5) is 0 Å². The van der Waals surface area contributed by atoms with Crippen molar-refractivity contribution in [3.05, 3.63) is 40.1 Å². The third kappa shape index (κ3) is 3.86. The van der Waals surface area contributed by atoms with Crippen LogP contribution in [-0.2, 0) is 6.54 Å². The highest BCUT2D eigenvalue weighted by molar-refractivity contribution is 7.14. The zero-order valence-electron chi connectivity index (χ0n) is 15.5. The van der Waals surface area contributed by atoms with Gasteiger partial charge in [-0.1, -0.05) is 0 Å². The molecule has 26 heavy (non-hydrogen) atoms. The zero-order chi connectivity index (χ0) is 17.9. The predicted molar refractivity (Wildman–Crippen MR) is 105 cm³/mol. The standard InChI is InChI=1S/C20H28N4OS/c1-15-21-10-14-23(15)11-6-16-7-12-24(13-8-16)20(25)19-5-4-18(26-19)17-3-2-9-22-17/h4-5,10,14,16-17,22H,2-3,6-9,11-13H2,1H3. The molecule has 5 nitrogen and oxygen atoms in total. The van der Waals surface area contributed by atoms with E-state index in [1.165, 1.54) is 24.1 Å². The van der Waals surface area contributed by atoms with Gasteiger partial charge in [0.1, 0.15) is 5.82 Å². The molecule has 1 amide bonds. The summed E-state index contributed by atoms with van der Waals surface area (Å²) in [6, 6.07) is 4.62. The second kappa shape index (κ2) is 7.92. The molecule has 4 rings (SSSR count). The molecular formula is C20H28N4OS. The summed E-state index contributed by atoms with van der Waals surface area (Å²) >= 11 is 1.68. The summed E-state index contributed by atoms with van der Waals surface area (Å²) in [5, 5.41) is 3.52. The molecule has 0 aliphatic carbocycles. The Balaban J connectivity index is 1.27. The molecule has 2 aliphatic rings. The van der Waals surface area contributed by atoms with Crippen molar-refractivity contribution in [1.29, 1.82) is 0 Å². The molecule has 0 bridgehead atoms. The highest BCUT2D eigenvalue weighted by Gasteiger charge is 2.26. The van der Waals surface area contributed by atoms with Gasteiger partial charge in [-0.3, -0.25) is 4.79 Å². The number of imidazole rings is 1. The molecule has 140 valence electrons. The zero-order valence-corrected chi connectivity index (χ0v) is 16.3. The Bertz CT molecular complexity index is 739. The van der Waals surface area contributed by atoms with Crippen LogP contribution in [0.5, 0.6) is 0 Å². The molecule has 0 saturated carbocycles. The lowest BCUT2D eigenvalue weighted by Crippen LogP contribution is -2.38. The fraction of sp³-hybridized carbons (Fsp3) is 0.600. The summed E-state index contributed by atoms with van der Waals surface area (Å²) in [6.07, 6.45) is 9.75. The third-order valence-electron chi connectivity index (χ3n) is 5.84. The van der Waals surface area contributed by atoms with E-state index in [4.69, 9.17) is 0 Å². The molecule has 2 fully saturated rings. The Kier molecular flexibility index (Phi) is 5.41. The SMILES string of the molecule is Cc1nccn1CCC1CCN(C(=O)c2ccc(C3CCCN3)s2)CC1. The molecule has 4 heterocycles. The summed E-state index contributed by atoms with van der Waals surface area (Å²) in [5.41, 5.74) is 0. The van der Waals surface area contributed by atoms with Crippen molar-refractivity contribution in [2.45, 2.75) is 51.6 Å². The minimum absolute atomic E-state index is 0.225. The third-order valence-corrected chi connectivity index (χ3v) is 7.03. The second-order valence-corrected chi connectivity index (χ2v) is 8.66. The van der Waals surface area contributed by atoms with E-state index in [1.807, 2.05) is 12.3 Å². The number of rotatable bonds is 5. The maximum absolute atomic E-state index is 12.8. The second-order valence-electron chi connectivity index (χ2n) is 7.54. The number of amides is 1. The van der Waals surface area contributed by atoms with Crippen LogP contribution in [0.15, 0.2) is 24.5 Å². The van der Waals surface area contributed by atoms with E-state index in [0.717, 1.165) is 49.7 Å². The molecule has 6 heteroatoms. The van der Waals surface area contributed by atoms with Crippen LogP contribution in [0.25, 0.3) is 0 Å². The van der Waals surface area contributed by atoms with Crippen LogP contribution < -0.4 is 5.32 Å². The van der Waals surface area contributed by atoms with Crippen LogP contribution in [0.1, 0.15) is 58.5 Å². The molecule has 0 radical (unpaired) electrons. The summed E-state index contributed by atoms with van der Waals surface area (Å²) in [7, 11) is 0. The quantitative estimate of drug-likeness (QED) is 0.872. The van der Waals surface area contributed by atoms with Gasteiger partial charge >= 0.3 is 0 Å². The molecule has 0 spiro atoms. The fourth-order valence-electron chi connectivity index (χ4n) is 4.12. The Morgan fingerprint density at radius 2 is 2.15 bits per heavy atom. The predicted octanol–water partition coefficient (Wildman–Crippen LogP) is 3.62. The number of carbonyl (C=O) groups is 1. The lowest BCUT2D eigenvalue weighted by molar-refractivity contribution is 0.0690. The van der Waals surface area contributed by atoms with Gasteiger partial charge in [0.05, 0.1) is 4.88 Å². The van der Waals surface area contributed by atoms with E-state index in [2.05, 4.69) is 39.0 Å². The van der Waals surface area contributed by atoms with Crippen LogP contribution in [0.2, 0.25) is 0 Å². The number of likely N-dealkylation sites (tertiary alicyclic amines) is 1. The van der Waals surface area contributed by atoms with Gasteiger partial charge in [-0.15, -0.1) is 11.3 Å². The summed E-state index contributed by atoms with van der Waals surface area (Å²) < 4.78 is 2.22. The first kappa shape index (κ1) is 17.7. The molecule has 1 unspecified atom stereocenters. The van der Waals surface area contributed by atoms with Gasteiger partial charge < -0.3 is 14.8 Å². The number of thiophene rings is 1. The summed E-state index contributed by atoms with van der Waals surface area (Å²) in [5.74, 6) is 2.02. The first-order valence-electron chi connectivity index (χ1n) is 9.81. The Labute approximate surface area is 159 Å². The average Bonchev–Trinajstić information content (AvgIpc) is 3.41. The van der Waals surface area contributed by atoms with Crippen molar-refractivity contribution >= 4 is 17.2 Å². The van der Waals surface area contributed by atoms with Crippen molar-refractivity contribution < 1.29 is 4.79 Å².